The van der Waals surface area contributed by atoms with Crippen molar-refractivity contribution in [1.82, 2.24) is 4.98 Å². The van der Waals surface area contributed by atoms with Crippen LogP contribution in [0.4, 0.5) is 4.39 Å². The first-order valence-electron chi connectivity index (χ1n) is 3.53. The van der Waals surface area contributed by atoms with E-state index in [1.54, 1.807) is 6.92 Å². The van der Waals surface area contributed by atoms with Crippen molar-refractivity contribution in [2.24, 2.45) is 0 Å². The second-order valence-electron chi connectivity index (χ2n) is 2.05. The van der Waals surface area contributed by atoms with Gasteiger partial charge in [-0.25, -0.2) is 14.2 Å². The van der Waals surface area contributed by atoms with Crippen molar-refractivity contribution in [2.45, 2.75) is 6.92 Å². The van der Waals surface area contributed by atoms with Crippen LogP contribution in [-0.4, -0.2) is 17.6 Å². The van der Waals surface area contributed by atoms with E-state index in [0.717, 1.165) is 0 Å². The highest BCUT2D eigenvalue weighted by atomic mass is 19.1. The standard InChI is InChI=1S/C8H8FNO2/c1-2-12-8(11)7-6(9)4-3-5-10-7/h3-5H,2H2,1H3. The van der Waals surface area contributed by atoms with E-state index in [2.05, 4.69) is 9.72 Å². The first-order valence-corrected chi connectivity index (χ1v) is 3.53. The van der Waals surface area contributed by atoms with E-state index in [0.29, 0.717) is 0 Å². The molecule has 0 unspecified atom stereocenters. The van der Waals surface area contributed by atoms with Gasteiger partial charge in [-0.1, -0.05) is 0 Å². The highest BCUT2D eigenvalue weighted by Gasteiger charge is 2.12. The summed E-state index contributed by atoms with van der Waals surface area (Å²) in [4.78, 5) is 14.5. The highest BCUT2D eigenvalue weighted by Crippen LogP contribution is 2.03. The average molecular weight is 169 g/mol. The molecule has 1 rings (SSSR count). The Labute approximate surface area is 69.2 Å². The predicted octanol–water partition coefficient (Wildman–Crippen LogP) is 1.40. The third-order valence-electron chi connectivity index (χ3n) is 1.23. The smallest absolute Gasteiger partial charge is 0.359 e. The van der Waals surface area contributed by atoms with Crippen molar-refractivity contribution in [3.63, 3.8) is 0 Å². The molecule has 0 saturated heterocycles. The van der Waals surface area contributed by atoms with Crippen molar-refractivity contribution in [3.05, 3.63) is 29.8 Å². The lowest BCUT2D eigenvalue weighted by molar-refractivity contribution is 0.0513. The number of halogens is 1. The first kappa shape index (κ1) is 8.64. The van der Waals surface area contributed by atoms with E-state index in [4.69, 9.17) is 0 Å². The minimum absolute atomic E-state index is 0.217. The SMILES string of the molecule is CCOC(=O)c1ncccc1F. The van der Waals surface area contributed by atoms with Crippen LogP contribution in [0.25, 0.3) is 0 Å². The summed E-state index contributed by atoms with van der Waals surface area (Å²) in [5, 5.41) is 0. The molecule has 0 aliphatic rings. The van der Waals surface area contributed by atoms with Crippen LogP contribution < -0.4 is 0 Å². The Morgan fingerprint density at radius 1 is 1.75 bits per heavy atom. The highest BCUT2D eigenvalue weighted by molar-refractivity contribution is 5.87. The minimum atomic E-state index is -0.726. The van der Waals surface area contributed by atoms with Gasteiger partial charge in [-0.2, -0.15) is 0 Å². The molecule has 64 valence electrons. The quantitative estimate of drug-likeness (QED) is 0.628. The van der Waals surface area contributed by atoms with Crippen LogP contribution in [0.1, 0.15) is 17.4 Å². The maximum atomic E-state index is 12.8. The molecule has 0 radical (unpaired) electrons. The summed E-state index contributed by atoms with van der Waals surface area (Å²) in [7, 11) is 0. The average Bonchev–Trinajstić information content (AvgIpc) is 2.05. The van der Waals surface area contributed by atoms with E-state index in [-0.39, 0.29) is 12.3 Å². The number of hydrogen-bond donors (Lipinski definition) is 0. The number of rotatable bonds is 2. The fourth-order valence-electron chi connectivity index (χ4n) is 0.735. The number of aromatic nitrogens is 1. The molecule has 12 heavy (non-hydrogen) atoms. The largest absolute Gasteiger partial charge is 0.461 e. The van der Waals surface area contributed by atoms with Gasteiger partial charge in [0.15, 0.2) is 11.5 Å². The number of hydrogen-bond acceptors (Lipinski definition) is 3. The van der Waals surface area contributed by atoms with Gasteiger partial charge in [0.05, 0.1) is 6.61 Å². The molecule has 4 heteroatoms. The Morgan fingerprint density at radius 2 is 2.50 bits per heavy atom. The lowest BCUT2D eigenvalue weighted by atomic mass is 10.3. The number of ether oxygens (including phenoxy) is 1. The molecular weight excluding hydrogens is 161 g/mol. The molecule has 0 bridgehead atoms. The van der Waals surface area contributed by atoms with Crippen LogP contribution in [0.5, 0.6) is 0 Å². The maximum Gasteiger partial charge on any atom is 0.359 e. The third kappa shape index (κ3) is 1.78. The van der Waals surface area contributed by atoms with Gasteiger partial charge in [0.25, 0.3) is 0 Å². The fraction of sp³-hybridized carbons (Fsp3) is 0.250. The fourth-order valence-corrected chi connectivity index (χ4v) is 0.735. The van der Waals surface area contributed by atoms with Crippen LogP contribution in [0, 0.1) is 5.82 Å². The molecule has 0 aliphatic carbocycles. The van der Waals surface area contributed by atoms with Gasteiger partial charge in [-0.3, -0.25) is 0 Å². The van der Waals surface area contributed by atoms with E-state index in [9.17, 15) is 9.18 Å². The molecule has 0 atom stereocenters. The summed E-state index contributed by atoms with van der Waals surface area (Å²) in [6, 6.07) is 2.58. The molecule has 3 nitrogen and oxygen atoms in total. The number of carbonyl (C=O) groups is 1. The lowest BCUT2D eigenvalue weighted by Crippen LogP contribution is -2.09. The molecule has 0 spiro atoms. The summed E-state index contributed by atoms with van der Waals surface area (Å²) in [6.45, 7) is 1.87. The van der Waals surface area contributed by atoms with Crippen molar-refractivity contribution in [3.8, 4) is 0 Å². The molecule has 0 aliphatic heterocycles. The summed E-state index contributed by atoms with van der Waals surface area (Å²) >= 11 is 0. The molecule has 0 amide bonds. The van der Waals surface area contributed by atoms with Gasteiger partial charge in [-0.15, -0.1) is 0 Å². The van der Waals surface area contributed by atoms with E-state index in [1.807, 2.05) is 0 Å². The summed E-state index contributed by atoms with van der Waals surface area (Å²) in [5.41, 5.74) is -0.264. The van der Waals surface area contributed by atoms with Crippen molar-refractivity contribution >= 4 is 5.97 Å². The molecule has 1 aromatic heterocycles. The summed E-state index contributed by atoms with van der Waals surface area (Å²) in [5.74, 6) is -1.38. The Balaban J connectivity index is 2.87. The molecule has 0 N–H and O–H groups in total. The Morgan fingerprint density at radius 3 is 3.08 bits per heavy atom. The molecule has 0 aromatic carbocycles. The summed E-state index contributed by atoms with van der Waals surface area (Å²) < 4.78 is 17.4. The van der Waals surface area contributed by atoms with Gasteiger partial charge in [0, 0.05) is 6.20 Å². The number of pyridine rings is 1. The molecular formula is C8H8FNO2. The van der Waals surface area contributed by atoms with Crippen molar-refractivity contribution in [1.29, 1.82) is 0 Å². The summed E-state index contributed by atoms with van der Waals surface area (Å²) in [6.07, 6.45) is 1.34. The topological polar surface area (TPSA) is 39.2 Å². The van der Waals surface area contributed by atoms with Crippen LogP contribution in [-0.2, 0) is 4.74 Å². The Bertz CT molecular complexity index is 288. The van der Waals surface area contributed by atoms with Crippen molar-refractivity contribution in [2.75, 3.05) is 6.61 Å². The zero-order chi connectivity index (χ0) is 8.97. The predicted molar refractivity (Wildman–Crippen MR) is 40.2 cm³/mol. The molecule has 1 heterocycles. The maximum absolute atomic E-state index is 12.8. The number of esters is 1. The van der Waals surface area contributed by atoms with Crippen LogP contribution in [0.15, 0.2) is 18.3 Å². The van der Waals surface area contributed by atoms with Crippen LogP contribution >= 0.6 is 0 Å². The van der Waals surface area contributed by atoms with Crippen LogP contribution in [0.2, 0.25) is 0 Å². The van der Waals surface area contributed by atoms with Gasteiger partial charge in [0.2, 0.25) is 0 Å². The van der Waals surface area contributed by atoms with Gasteiger partial charge in [0.1, 0.15) is 0 Å². The van der Waals surface area contributed by atoms with E-state index in [1.165, 1.54) is 18.3 Å². The van der Waals surface area contributed by atoms with Crippen LogP contribution in [0.3, 0.4) is 0 Å². The molecule has 1 aromatic rings. The van der Waals surface area contributed by atoms with Gasteiger partial charge in [-0.05, 0) is 19.1 Å². The van der Waals surface area contributed by atoms with E-state index < -0.39 is 11.8 Å². The van der Waals surface area contributed by atoms with Crippen molar-refractivity contribution < 1.29 is 13.9 Å². The normalized spacial score (nSPS) is 9.50. The van der Waals surface area contributed by atoms with Gasteiger partial charge < -0.3 is 4.74 Å². The first-order chi connectivity index (χ1) is 5.75. The second kappa shape index (κ2) is 3.80. The lowest BCUT2D eigenvalue weighted by Gasteiger charge is -2.00. The minimum Gasteiger partial charge on any atom is -0.461 e. The molecule has 0 fully saturated rings. The molecule has 0 saturated carbocycles. The third-order valence-corrected chi connectivity index (χ3v) is 1.23. The van der Waals surface area contributed by atoms with Gasteiger partial charge >= 0.3 is 5.97 Å². The second-order valence-corrected chi connectivity index (χ2v) is 2.05. The monoisotopic (exact) mass is 169 g/mol. The Hall–Kier alpha value is -1.45. The number of nitrogens with zero attached hydrogens (tertiary/aromatic N) is 1. The zero-order valence-electron chi connectivity index (χ0n) is 6.58. The van der Waals surface area contributed by atoms with E-state index >= 15 is 0 Å². The number of carbonyl (C=O) groups excluding carboxylic acids is 1. The zero-order valence-corrected chi connectivity index (χ0v) is 6.58. The Kier molecular flexibility index (Phi) is 2.74.